The Labute approximate surface area is 141 Å². The molecule has 6 nitrogen and oxygen atoms in total. The van der Waals surface area contributed by atoms with Gasteiger partial charge in [-0.3, -0.25) is 9.82 Å². The number of para-hydroxylation sites is 1. The van der Waals surface area contributed by atoms with Crippen LogP contribution in [0.4, 0.5) is 17.2 Å². The molecule has 3 aromatic rings. The second-order valence-corrected chi connectivity index (χ2v) is 7.25. The molecule has 0 bridgehead atoms. The first-order valence-electron chi connectivity index (χ1n) is 7.54. The van der Waals surface area contributed by atoms with Gasteiger partial charge in [0.1, 0.15) is 0 Å². The fourth-order valence-electron chi connectivity index (χ4n) is 2.17. The molecule has 3 rings (SSSR count). The molecule has 0 atom stereocenters. The second kappa shape index (κ2) is 6.76. The molecule has 0 aliphatic rings. The van der Waals surface area contributed by atoms with E-state index in [0.29, 0.717) is 11.5 Å². The van der Waals surface area contributed by atoms with Crippen LogP contribution in [0.5, 0.6) is 0 Å². The Morgan fingerprint density at radius 1 is 1.00 bits per heavy atom. The molecule has 0 amide bonds. The number of sulfonamides is 1. The highest BCUT2D eigenvalue weighted by molar-refractivity contribution is 7.92. The van der Waals surface area contributed by atoms with Crippen molar-refractivity contribution >= 4 is 27.2 Å². The molecular formula is C17H18N4O2S. The van der Waals surface area contributed by atoms with Crippen molar-refractivity contribution in [2.75, 3.05) is 15.8 Å². The predicted molar refractivity (Wildman–Crippen MR) is 96.8 cm³/mol. The zero-order valence-electron chi connectivity index (χ0n) is 13.2. The Morgan fingerprint density at radius 2 is 1.71 bits per heavy atom. The standard InChI is InChI=1S/C17H18N4O2S/c1-2-24(22,23)21-15-10-8-13(9-11-15)16-12-17(20-19-16)18-14-6-4-3-5-7-14/h3-12,21H,2H2,1H3,(H2,18,19,20). The number of anilines is 3. The Morgan fingerprint density at radius 3 is 2.38 bits per heavy atom. The van der Waals surface area contributed by atoms with E-state index in [2.05, 4.69) is 20.2 Å². The number of hydrogen-bond donors (Lipinski definition) is 3. The number of benzene rings is 2. The van der Waals surface area contributed by atoms with Gasteiger partial charge in [-0.25, -0.2) is 8.42 Å². The van der Waals surface area contributed by atoms with Crippen LogP contribution in [0.3, 0.4) is 0 Å². The minimum atomic E-state index is -3.26. The van der Waals surface area contributed by atoms with E-state index in [9.17, 15) is 8.42 Å². The number of nitrogens with one attached hydrogen (secondary N) is 3. The van der Waals surface area contributed by atoms with E-state index in [1.54, 1.807) is 19.1 Å². The molecule has 124 valence electrons. The van der Waals surface area contributed by atoms with Crippen LogP contribution in [0, 0.1) is 0 Å². The monoisotopic (exact) mass is 342 g/mol. The molecule has 2 aromatic carbocycles. The summed E-state index contributed by atoms with van der Waals surface area (Å²) in [5.74, 6) is 0.760. The van der Waals surface area contributed by atoms with Gasteiger partial charge in [0.2, 0.25) is 10.0 Å². The third-order valence-corrected chi connectivity index (χ3v) is 4.78. The van der Waals surface area contributed by atoms with Gasteiger partial charge >= 0.3 is 0 Å². The molecule has 0 saturated carbocycles. The van der Waals surface area contributed by atoms with Crippen LogP contribution in [0.15, 0.2) is 60.7 Å². The highest BCUT2D eigenvalue weighted by Crippen LogP contribution is 2.23. The van der Waals surface area contributed by atoms with Gasteiger partial charge in [-0.2, -0.15) is 5.10 Å². The normalized spacial score (nSPS) is 11.2. The van der Waals surface area contributed by atoms with Crippen molar-refractivity contribution in [1.82, 2.24) is 10.2 Å². The van der Waals surface area contributed by atoms with Crippen molar-refractivity contribution in [1.29, 1.82) is 0 Å². The van der Waals surface area contributed by atoms with Crippen molar-refractivity contribution < 1.29 is 8.42 Å². The number of nitrogens with zero attached hydrogens (tertiary/aromatic N) is 1. The van der Waals surface area contributed by atoms with Crippen LogP contribution in [0.1, 0.15) is 6.92 Å². The number of H-pyrrole nitrogens is 1. The lowest BCUT2D eigenvalue weighted by Crippen LogP contribution is -2.14. The summed E-state index contributed by atoms with van der Waals surface area (Å²) in [6.45, 7) is 1.60. The van der Waals surface area contributed by atoms with E-state index in [0.717, 1.165) is 16.9 Å². The summed E-state index contributed by atoms with van der Waals surface area (Å²) in [6.07, 6.45) is 0. The molecule has 0 fully saturated rings. The van der Waals surface area contributed by atoms with Gasteiger partial charge in [0.25, 0.3) is 0 Å². The van der Waals surface area contributed by atoms with E-state index >= 15 is 0 Å². The molecule has 1 heterocycles. The van der Waals surface area contributed by atoms with E-state index in [1.807, 2.05) is 48.5 Å². The van der Waals surface area contributed by atoms with Crippen LogP contribution in [0.2, 0.25) is 0 Å². The van der Waals surface area contributed by atoms with Gasteiger partial charge in [-0.15, -0.1) is 0 Å². The molecule has 0 aliphatic carbocycles. The molecule has 7 heteroatoms. The third kappa shape index (κ3) is 3.94. The molecule has 0 spiro atoms. The first kappa shape index (κ1) is 16.1. The lowest BCUT2D eigenvalue weighted by Gasteiger charge is -2.06. The summed E-state index contributed by atoms with van der Waals surface area (Å²) in [4.78, 5) is 0. The van der Waals surface area contributed by atoms with E-state index in [-0.39, 0.29) is 5.75 Å². The van der Waals surface area contributed by atoms with Crippen molar-refractivity contribution in [3.63, 3.8) is 0 Å². The number of hydrogen-bond acceptors (Lipinski definition) is 4. The van der Waals surface area contributed by atoms with Gasteiger partial charge in [0.15, 0.2) is 5.82 Å². The zero-order chi connectivity index (χ0) is 17.0. The highest BCUT2D eigenvalue weighted by Gasteiger charge is 2.08. The van der Waals surface area contributed by atoms with Crippen LogP contribution in [-0.2, 0) is 10.0 Å². The van der Waals surface area contributed by atoms with E-state index in [1.165, 1.54) is 0 Å². The van der Waals surface area contributed by atoms with Crippen LogP contribution in [0.25, 0.3) is 11.3 Å². The number of aromatic nitrogens is 2. The summed E-state index contributed by atoms with van der Waals surface area (Å²) in [5.41, 5.74) is 3.27. The van der Waals surface area contributed by atoms with Crippen molar-refractivity contribution in [2.45, 2.75) is 6.92 Å². The number of rotatable bonds is 6. The summed E-state index contributed by atoms with van der Waals surface area (Å²) < 4.78 is 25.6. The quantitative estimate of drug-likeness (QED) is 0.639. The average molecular weight is 342 g/mol. The fraction of sp³-hybridized carbons (Fsp3) is 0.118. The highest BCUT2D eigenvalue weighted by atomic mass is 32.2. The summed E-state index contributed by atoms with van der Waals surface area (Å²) in [5, 5.41) is 10.4. The van der Waals surface area contributed by atoms with Gasteiger partial charge < -0.3 is 5.32 Å². The first-order valence-corrected chi connectivity index (χ1v) is 9.19. The molecule has 1 aromatic heterocycles. The lowest BCUT2D eigenvalue weighted by atomic mass is 10.1. The van der Waals surface area contributed by atoms with Crippen molar-refractivity contribution in [3.05, 3.63) is 60.7 Å². The van der Waals surface area contributed by atoms with Crippen LogP contribution >= 0.6 is 0 Å². The Kier molecular flexibility index (Phi) is 4.52. The molecule has 0 saturated heterocycles. The summed E-state index contributed by atoms with van der Waals surface area (Å²) in [6, 6.07) is 18.8. The summed E-state index contributed by atoms with van der Waals surface area (Å²) in [7, 11) is -3.26. The molecule has 0 aliphatic heterocycles. The second-order valence-electron chi connectivity index (χ2n) is 5.24. The first-order chi connectivity index (χ1) is 11.6. The van der Waals surface area contributed by atoms with Gasteiger partial charge in [0, 0.05) is 17.4 Å². The minimum absolute atomic E-state index is 0.0455. The Balaban J connectivity index is 1.73. The lowest BCUT2D eigenvalue weighted by molar-refractivity contribution is 0.602. The SMILES string of the molecule is CCS(=O)(=O)Nc1ccc(-c2cc(Nc3ccccc3)n[nH]2)cc1. The van der Waals surface area contributed by atoms with E-state index < -0.39 is 10.0 Å². The minimum Gasteiger partial charge on any atom is -0.339 e. The summed E-state index contributed by atoms with van der Waals surface area (Å²) >= 11 is 0. The zero-order valence-corrected chi connectivity index (χ0v) is 14.0. The van der Waals surface area contributed by atoms with Crippen LogP contribution < -0.4 is 10.0 Å². The molecule has 3 N–H and O–H groups in total. The third-order valence-electron chi connectivity index (χ3n) is 3.47. The Bertz CT molecular complexity index is 903. The van der Waals surface area contributed by atoms with Gasteiger partial charge in [0.05, 0.1) is 11.4 Å². The van der Waals surface area contributed by atoms with Gasteiger partial charge in [-0.05, 0) is 36.8 Å². The topological polar surface area (TPSA) is 86.9 Å². The average Bonchev–Trinajstić information content (AvgIpc) is 3.05. The van der Waals surface area contributed by atoms with E-state index in [4.69, 9.17) is 0 Å². The maximum absolute atomic E-state index is 11.6. The predicted octanol–water partition coefficient (Wildman–Crippen LogP) is 3.58. The van der Waals surface area contributed by atoms with Crippen molar-refractivity contribution in [3.8, 4) is 11.3 Å². The maximum Gasteiger partial charge on any atom is 0.232 e. The molecule has 0 unspecified atom stereocenters. The molecular weight excluding hydrogens is 324 g/mol. The molecule has 24 heavy (non-hydrogen) atoms. The fourth-order valence-corrected chi connectivity index (χ4v) is 2.81. The van der Waals surface area contributed by atoms with Crippen molar-refractivity contribution in [2.24, 2.45) is 0 Å². The van der Waals surface area contributed by atoms with Crippen LogP contribution in [-0.4, -0.2) is 24.4 Å². The maximum atomic E-state index is 11.6. The number of aromatic amines is 1. The largest absolute Gasteiger partial charge is 0.339 e. The molecule has 0 radical (unpaired) electrons. The Hall–Kier alpha value is -2.80. The smallest absolute Gasteiger partial charge is 0.232 e. The van der Waals surface area contributed by atoms with Gasteiger partial charge in [-0.1, -0.05) is 30.3 Å².